The predicted octanol–water partition coefficient (Wildman–Crippen LogP) is 0.180. The lowest BCUT2D eigenvalue weighted by Gasteiger charge is -2.37. The van der Waals surface area contributed by atoms with Gasteiger partial charge in [0.1, 0.15) is 11.6 Å². The van der Waals surface area contributed by atoms with Gasteiger partial charge in [0.2, 0.25) is 11.8 Å². The van der Waals surface area contributed by atoms with Crippen molar-refractivity contribution in [3.8, 4) is 0 Å². The van der Waals surface area contributed by atoms with Crippen LogP contribution in [0.5, 0.6) is 0 Å². The van der Waals surface area contributed by atoms with Crippen molar-refractivity contribution in [2.24, 2.45) is 0 Å². The molecule has 0 aliphatic carbocycles. The summed E-state index contributed by atoms with van der Waals surface area (Å²) < 4.78 is 0. The van der Waals surface area contributed by atoms with Gasteiger partial charge in [-0.05, 0) is 19.8 Å². The molecule has 0 aromatic rings. The van der Waals surface area contributed by atoms with E-state index < -0.39 is 11.6 Å². The van der Waals surface area contributed by atoms with Crippen LogP contribution >= 0.6 is 0 Å². The van der Waals surface area contributed by atoms with Gasteiger partial charge >= 0.3 is 0 Å². The molecule has 1 aliphatic rings. The zero-order chi connectivity index (χ0) is 10.1. The first-order valence-electron chi connectivity index (χ1n) is 4.68. The first-order valence-corrected chi connectivity index (χ1v) is 4.68. The van der Waals surface area contributed by atoms with Crippen LogP contribution in [0.1, 0.15) is 33.6 Å². The molecule has 1 rings (SSSR count). The van der Waals surface area contributed by atoms with Crippen LogP contribution in [0.3, 0.4) is 0 Å². The van der Waals surface area contributed by atoms with Crippen LogP contribution < -0.4 is 10.6 Å². The van der Waals surface area contributed by atoms with Gasteiger partial charge in [-0.3, -0.25) is 9.59 Å². The maximum absolute atomic E-state index is 11.6. The fourth-order valence-electron chi connectivity index (χ4n) is 1.55. The molecule has 0 aromatic carbocycles. The first-order chi connectivity index (χ1) is 6.05. The number of rotatable bonds is 2. The Labute approximate surface area is 78.1 Å². The third kappa shape index (κ3) is 1.53. The van der Waals surface area contributed by atoms with Crippen LogP contribution in [0.25, 0.3) is 0 Å². The van der Waals surface area contributed by atoms with Crippen LogP contribution in [0, 0.1) is 0 Å². The van der Waals surface area contributed by atoms with Crippen LogP contribution in [0.15, 0.2) is 0 Å². The zero-order valence-electron chi connectivity index (χ0n) is 8.31. The van der Waals surface area contributed by atoms with E-state index in [2.05, 4.69) is 10.6 Å². The second-order valence-electron chi connectivity index (χ2n) is 3.47. The lowest BCUT2D eigenvalue weighted by molar-refractivity contribution is -0.141. The Hall–Kier alpha value is -1.06. The highest BCUT2D eigenvalue weighted by molar-refractivity contribution is 5.99. The number of nitrogens with one attached hydrogen (secondary N) is 2. The molecular weight excluding hydrogens is 168 g/mol. The van der Waals surface area contributed by atoms with E-state index >= 15 is 0 Å². The summed E-state index contributed by atoms with van der Waals surface area (Å²) in [6.45, 7) is 5.49. The number of piperazine rings is 1. The van der Waals surface area contributed by atoms with Gasteiger partial charge < -0.3 is 10.6 Å². The fraction of sp³-hybridized carbons (Fsp3) is 0.778. The Balaban J connectivity index is 2.87. The van der Waals surface area contributed by atoms with Crippen LogP contribution in [0.2, 0.25) is 0 Å². The van der Waals surface area contributed by atoms with Crippen molar-refractivity contribution in [3.63, 3.8) is 0 Å². The molecule has 0 bridgehead atoms. The smallest absolute Gasteiger partial charge is 0.246 e. The lowest BCUT2D eigenvalue weighted by atomic mass is 9.89. The molecule has 1 heterocycles. The maximum atomic E-state index is 11.6. The number of hydrogen-bond acceptors (Lipinski definition) is 2. The van der Waals surface area contributed by atoms with E-state index in [1.54, 1.807) is 6.92 Å². The second-order valence-corrected chi connectivity index (χ2v) is 3.47. The van der Waals surface area contributed by atoms with Crippen molar-refractivity contribution >= 4 is 11.8 Å². The largest absolute Gasteiger partial charge is 0.343 e. The molecule has 1 fully saturated rings. The Kier molecular flexibility index (Phi) is 2.59. The number of amides is 2. The van der Waals surface area contributed by atoms with Crippen molar-refractivity contribution < 1.29 is 9.59 Å². The molecule has 0 spiro atoms. The molecule has 4 nitrogen and oxygen atoms in total. The molecule has 2 N–H and O–H groups in total. The summed E-state index contributed by atoms with van der Waals surface area (Å²) in [7, 11) is 0. The van der Waals surface area contributed by atoms with E-state index in [4.69, 9.17) is 0 Å². The maximum Gasteiger partial charge on any atom is 0.246 e. The standard InChI is InChI=1S/C9H16N2O2/c1-4-9(5-2)8(13)10-6(3)7(12)11-9/h6H,4-5H2,1-3H3,(H,10,13)(H,11,12). The topological polar surface area (TPSA) is 58.2 Å². The SMILES string of the molecule is CCC1(CC)NC(=O)C(C)NC1=O. The normalized spacial score (nSPS) is 26.5. The van der Waals surface area contributed by atoms with Gasteiger partial charge in [-0.2, -0.15) is 0 Å². The van der Waals surface area contributed by atoms with Gasteiger partial charge in [0.25, 0.3) is 0 Å². The lowest BCUT2D eigenvalue weighted by Crippen LogP contribution is -2.68. The molecule has 0 saturated carbocycles. The monoisotopic (exact) mass is 184 g/mol. The van der Waals surface area contributed by atoms with Crippen LogP contribution in [0.4, 0.5) is 0 Å². The highest BCUT2D eigenvalue weighted by Gasteiger charge is 2.42. The van der Waals surface area contributed by atoms with E-state index in [-0.39, 0.29) is 11.8 Å². The summed E-state index contributed by atoms with van der Waals surface area (Å²) in [6.07, 6.45) is 1.27. The molecule has 0 aromatic heterocycles. The minimum atomic E-state index is -0.677. The van der Waals surface area contributed by atoms with E-state index in [0.717, 1.165) is 0 Å². The van der Waals surface area contributed by atoms with Crippen molar-refractivity contribution in [2.45, 2.75) is 45.2 Å². The second kappa shape index (κ2) is 3.36. The Bertz CT molecular complexity index is 234. The number of carbonyl (C=O) groups is 2. The van der Waals surface area contributed by atoms with Crippen molar-refractivity contribution in [1.29, 1.82) is 0 Å². The molecule has 4 heteroatoms. The third-order valence-electron chi connectivity index (χ3n) is 2.75. The highest BCUT2D eigenvalue weighted by atomic mass is 16.2. The molecule has 74 valence electrons. The number of hydrogen-bond donors (Lipinski definition) is 2. The zero-order valence-corrected chi connectivity index (χ0v) is 8.31. The van der Waals surface area contributed by atoms with Crippen LogP contribution in [-0.2, 0) is 9.59 Å². The minimum Gasteiger partial charge on any atom is -0.343 e. The van der Waals surface area contributed by atoms with Gasteiger partial charge in [0.05, 0.1) is 0 Å². The van der Waals surface area contributed by atoms with E-state index in [9.17, 15) is 9.59 Å². The summed E-state index contributed by atoms with van der Waals surface area (Å²) in [4.78, 5) is 23.0. The van der Waals surface area contributed by atoms with Crippen molar-refractivity contribution in [1.82, 2.24) is 10.6 Å². The first kappa shape index (κ1) is 10.0. The summed E-state index contributed by atoms with van der Waals surface area (Å²) in [5.41, 5.74) is -0.677. The molecule has 13 heavy (non-hydrogen) atoms. The number of carbonyl (C=O) groups excluding carboxylic acids is 2. The van der Waals surface area contributed by atoms with Gasteiger partial charge in [0.15, 0.2) is 0 Å². The molecule has 1 unspecified atom stereocenters. The average Bonchev–Trinajstić information content (AvgIpc) is 2.12. The highest BCUT2D eigenvalue weighted by Crippen LogP contribution is 2.18. The van der Waals surface area contributed by atoms with E-state index in [1.165, 1.54) is 0 Å². The molecule has 1 atom stereocenters. The Morgan fingerprint density at radius 2 is 1.85 bits per heavy atom. The molecule has 1 aliphatic heterocycles. The predicted molar refractivity (Wildman–Crippen MR) is 49.1 cm³/mol. The Morgan fingerprint density at radius 1 is 1.31 bits per heavy atom. The van der Waals surface area contributed by atoms with Crippen molar-refractivity contribution in [3.05, 3.63) is 0 Å². The van der Waals surface area contributed by atoms with Gasteiger partial charge in [-0.1, -0.05) is 13.8 Å². The Morgan fingerprint density at radius 3 is 2.31 bits per heavy atom. The minimum absolute atomic E-state index is 0.0652. The average molecular weight is 184 g/mol. The van der Waals surface area contributed by atoms with Gasteiger partial charge in [0, 0.05) is 0 Å². The van der Waals surface area contributed by atoms with Gasteiger partial charge in [-0.15, -0.1) is 0 Å². The van der Waals surface area contributed by atoms with Crippen LogP contribution in [-0.4, -0.2) is 23.4 Å². The van der Waals surface area contributed by atoms with E-state index in [0.29, 0.717) is 12.8 Å². The van der Waals surface area contributed by atoms with Gasteiger partial charge in [-0.25, -0.2) is 0 Å². The summed E-state index contributed by atoms with van der Waals surface area (Å²) in [6, 6.07) is -0.404. The van der Waals surface area contributed by atoms with E-state index in [1.807, 2.05) is 13.8 Å². The van der Waals surface area contributed by atoms with Crippen molar-refractivity contribution in [2.75, 3.05) is 0 Å². The summed E-state index contributed by atoms with van der Waals surface area (Å²) in [5.74, 6) is -0.159. The molecule has 1 saturated heterocycles. The molecule has 2 amide bonds. The molecule has 0 radical (unpaired) electrons. The third-order valence-corrected chi connectivity index (χ3v) is 2.75. The molecular formula is C9H16N2O2. The summed E-state index contributed by atoms with van der Waals surface area (Å²) in [5, 5.41) is 5.45. The summed E-state index contributed by atoms with van der Waals surface area (Å²) >= 11 is 0. The fourth-order valence-corrected chi connectivity index (χ4v) is 1.55. The quantitative estimate of drug-likeness (QED) is 0.643.